The molecule has 1 aliphatic carbocycles. The number of amides is 1. The molecule has 0 aromatic heterocycles. The van der Waals surface area contributed by atoms with Gasteiger partial charge in [0.2, 0.25) is 0 Å². The Hall–Kier alpha value is -0.960. The number of carbonyl (C=O) groups excluding carboxylic acids is 1. The van der Waals surface area contributed by atoms with E-state index in [2.05, 4.69) is 31.3 Å². The zero-order chi connectivity index (χ0) is 13.0. The van der Waals surface area contributed by atoms with Crippen LogP contribution >= 0.6 is 11.8 Å². The molecule has 2 unspecified atom stereocenters. The van der Waals surface area contributed by atoms with E-state index in [4.69, 9.17) is 0 Å². The summed E-state index contributed by atoms with van der Waals surface area (Å²) in [4.78, 5) is 12.8. The molecule has 0 heterocycles. The van der Waals surface area contributed by atoms with Crippen molar-refractivity contribution in [3.05, 3.63) is 29.8 Å². The van der Waals surface area contributed by atoms with Crippen LogP contribution in [-0.2, 0) is 6.42 Å². The normalized spacial score (nSPS) is 21.7. The van der Waals surface area contributed by atoms with Gasteiger partial charge in [-0.1, -0.05) is 32.4 Å². The highest BCUT2D eigenvalue weighted by atomic mass is 32.2. The van der Waals surface area contributed by atoms with Gasteiger partial charge < -0.3 is 5.32 Å². The number of unbranched alkanes of at least 4 members (excludes halogenated alkanes) is 1. The van der Waals surface area contributed by atoms with E-state index in [1.165, 1.54) is 30.2 Å². The topological polar surface area (TPSA) is 29.1 Å². The van der Waals surface area contributed by atoms with Crippen molar-refractivity contribution in [2.24, 2.45) is 5.92 Å². The van der Waals surface area contributed by atoms with Gasteiger partial charge in [0.05, 0.1) is 0 Å². The molecule has 1 N–H and O–H groups in total. The maximum Gasteiger partial charge on any atom is 0.284 e. The first-order chi connectivity index (χ1) is 8.69. The Morgan fingerprint density at radius 2 is 2.28 bits per heavy atom. The molecule has 1 aliphatic rings. The summed E-state index contributed by atoms with van der Waals surface area (Å²) in [5, 5.41) is 3.12. The van der Waals surface area contributed by atoms with Crippen molar-refractivity contribution in [2.45, 2.75) is 50.5 Å². The van der Waals surface area contributed by atoms with E-state index in [9.17, 15) is 4.79 Å². The first kappa shape index (κ1) is 13.5. The van der Waals surface area contributed by atoms with Crippen LogP contribution in [0.15, 0.2) is 29.2 Å². The number of hydrogen-bond acceptors (Lipinski definition) is 2. The number of carbonyl (C=O) groups is 1. The second kappa shape index (κ2) is 6.28. The minimum Gasteiger partial charge on any atom is -0.344 e. The van der Waals surface area contributed by atoms with E-state index in [1.54, 1.807) is 0 Å². The smallest absolute Gasteiger partial charge is 0.284 e. The van der Waals surface area contributed by atoms with Crippen LogP contribution in [0.1, 0.15) is 38.7 Å². The molecular formula is C15H21NOS. The second-order valence-electron chi connectivity index (χ2n) is 5.10. The lowest BCUT2D eigenvalue weighted by Crippen LogP contribution is -2.21. The van der Waals surface area contributed by atoms with Crippen molar-refractivity contribution in [1.29, 1.82) is 0 Å². The Bertz CT molecular complexity index is 419. The predicted octanol–water partition coefficient (Wildman–Crippen LogP) is 4.24. The van der Waals surface area contributed by atoms with Gasteiger partial charge in [-0.05, 0) is 54.6 Å². The number of benzene rings is 1. The van der Waals surface area contributed by atoms with E-state index in [0.29, 0.717) is 12.0 Å². The van der Waals surface area contributed by atoms with Crippen molar-refractivity contribution in [1.82, 2.24) is 5.32 Å². The van der Waals surface area contributed by atoms with Gasteiger partial charge in [0.25, 0.3) is 5.24 Å². The fourth-order valence-electron chi connectivity index (χ4n) is 1.96. The number of rotatable bonds is 5. The van der Waals surface area contributed by atoms with Crippen LogP contribution in [0.4, 0.5) is 4.79 Å². The van der Waals surface area contributed by atoms with Crippen LogP contribution in [-0.4, -0.2) is 11.3 Å². The number of thioether (sulfide) groups is 1. The van der Waals surface area contributed by atoms with Crippen molar-refractivity contribution in [2.75, 3.05) is 0 Å². The predicted molar refractivity (Wildman–Crippen MR) is 77.0 cm³/mol. The SMILES string of the molecule is CCCCc1cccc(SC(=O)NC2CC2C)c1. The van der Waals surface area contributed by atoms with Crippen molar-refractivity contribution in [3.8, 4) is 0 Å². The summed E-state index contributed by atoms with van der Waals surface area (Å²) in [6.07, 6.45) is 4.65. The molecule has 0 radical (unpaired) electrons. The van der Waals surface area contributed by atoms with Gasteiger partial charge in [0, 0.05) is 10.9 Å². The fourth-order valence-corrected chi connectivity index (χ4v) is 2.74. The summed E-state index contributed by atoms with van der Waals surface area (Å²) in [5.41, 5.74) is 1.33. The molecule has 2 atom stereocenters. The van der Waals surface area contributed by atoms with Crippen LogP contribution in [0.2, 0.25) is 0 Å². The fraction of sp³-hybridized carbons (Fsp3) is 0.533. The molecule has 2 rings (SSSR count). The molecule has 0 aliphatic heterocycles. The largest absolute Gasteiger partial charge is 0.344 e. The molecule has 98 valence electrons. The van der Waals surface area contributed by atoms with Gasteiger partial charge in [-0.15, -0.1) is 0 Å². The monoisotopic (exact) mass is 263 g/mol. The average molecular weight is 263 g/mol. The van der Waals surface area contributed by atoms with Gasteiger partial charge in [-0.2, -0.15) is 0 Å². The van der Waals surface area contributed by atoms with E-state index < -0.39 is 0 Å². The molecule has 18 heavy (non-hydrogen) atoms. The minimum atomic E-state index is 0.0805. The summed E-state index contributed by atoms with van der Waals surface area (Å²) in [6.45, 7) is 4.36. The Morgan fingerprint density at radius 1 is 1.50 bits per heavy atom. The Labute approximate surface area is 114 Å². The maximum atomic E-state index is 11.8. The molecular weight excluding hydrogens is 242 g/mol. The van der Waals surface area contributed by atoms with Gasteiger partial charge >= 0.3 is 0 Å². The molecule has 3 heteroatoms. The Morgan fingerprint density at radius 3 is 2.94 bits per heavy atom. The number of aryl methyl sites for hydroxylation is 1. The van der Waals surface area contributed by atoms with Gasteiger partial charge in [0.1, 0.15) is 0 Å². The van der Waals surface area contributed by atoms with E-state index in [-0.39, 0.29) is 5.24 Å². The highest BCUT2D eigenvalue weighted by molar-refractivity contribution is 8.13. The third kappa shape index (κ3) is 4.05. The second-order valence-corrected chi connectivity index (χ2v) is 6.15. The van der Waals surface area contributed by atoms with Crippen LogP contribution in [0.3, 0.4) is 0 Å². The standard InChI is InChI=1S/C15H21NOS/c1-3-4-6-12-7-5-8-13(10-12)18-15(17)16-14-9-11(14)2/h5,7-8,10-11,14H,3-4,6,9H2,1-2H3,(H,16,17). The summed E-state index contributed by atoms with van der Waals surface area (Å²) in [6, 6.07) is 8.74. The molecule has 0 bridgehead atoms. The highest BCUT2D eigenvalue weighted by Crippen LogP contribution is 2.30. The molecule has 1 aromatic rings. The van der Waals surface area contributed by atoms with Crippen molar-refractivity contribution in [3.63, 3.8) is 0 Å². The van der Waals surface area contributed by atoms with Gasteiger partial charge in [-0.25, -0.2) is 0 Å². The average Bonchev–Trinajstić information content (AvgIpc) is 3.02. The van der Waals surface area contributed by atoms with Gasteiger partial charge in [0.15, 0.2) is 0 Å². The van der Waals surface area contributed by atoms with E-state index in [0.717, 1.165) is 17.7 Å². The molecule has 2 nitrogen and oxygen atoms in total. The Balaban J connectivity index is 1.85. The zero-order valence-corrected chi connectivity index (χ0v) is 11.9. The molecule has 0 spiro atoms. The van der Waals surface area contributed by atoms with Gasteiger partial charge in [-0.3, -0.25) is 4.79 Å². The van der Waals surface area contributed by atoms with Crippen molar-refractivity contribution < 1.29 is 4.79 Å². The molecule has 0 saturated heterocycles. The molecule has 1 saturated carbocycles. The third-order valence-corrected chi connectivity index (χ3v) is 4.13. The highest BCUT2D eigenvalue weighted by Gasteiger charge is 2.33. The van der Waals surface area contributed by atoms with Crippen molar-refractivity contribution >= 4 is 17.0 Å². The quantitative estimate of drug-likeness (QED) is 0.805. The lowest BCUT2D eigenvalue weighted by atomic mass is 10.1. The summed E-state index contributed by atoms with van der Waals surface area (Å²) in [5.74, 6) is 0.658. The Kier molecular flexibility index (Phi) is 4.70. The maximum absolute atomic E-state index is 11.8. The minimum absolute atomic E-state index is 0.0805. The van der Waals surface area contributed by atoms with E-state index >= 15 is 0 Å². The summed E-state index contributed by atoms with van der Waals surface area (Å²) < 4.78 is 0. The number of nitrogens with one attached hydrogen (secondary N) is 1. The third-order valence-electron chi connectivity index (χ3n) is 3.34. The van der Waals surface area contributed by atoms with Crippen LogP contribution < -0.4 is 5.32 Å². The zero-order valence-electron chi connectivity index (χ0n) is 11.1. The molecule has 1 amide bonds. The molecule has 1 aromatic carbocycles. The van der Waals surface area contributed by atoms with Crippen LogP contribution in [0.5, 0.6) is 0 Å². The first-order valence-corrected chi connectivity index (χ1v) is 7.58. The van der Waals surface area contributed by atoms with Crippen LogP contribution in [0, 0.1) is 5.92 Å². The lowest BCUT2D eigenvalue weighted by molar-refractivity contribution is 0.260. The van der Waals surface area contributed by atoms with Crippen LogP contribution in [0.25, 0.3) is 0 Å². The molecule has 1 fully saturated rings. The first-order valence-electron chi connectivity index (χ1n) is 6.76. The summed E-state index contributed by atoms with van der Waals surface area (Å²) >= 11 is 1.31. The lowest BCUT2D eigenvalue weighted by Gasteiger charge is -2.05. The van der Waals surface area contributed by atoms with E-state index in [1.807, 2.05) is 12.1 Å². The number of hydrogen-bond donors (Lipinski definition) is 1. The summed E-state index contributed by atoms with van der Waals surface area (Å²) in [7, 11) is 0.